The molecule has 1 rings (SSSR count). The number of nitrogens with two attached hydrogens (primary N) is 1. The van der Waals surface area contributed by atoms with Gasteiger partial charge in [-0.15, -0.1) is 0 Å². The van der Waals surface area contributed by atoms with Crippen molar-refractivity contribution in [3.63, 3.8) is 0 Å². The maximum Gasteiger partial charge on any atom is 0.426 e. The van der Waals surface area contributed by atoms with Gasteiger partial charge in [-0.2, -0.15) is 13.2 Å². The Kier molecular flexibility index (Phi) is 2.85. The molecule has 0 atom stereocenters. The topological polar surface area (TPSA) is 66.6 Å². The van der Waals surface area contributed by atoms with Crippen LogP contribution < -0.4 is 10.9 Å². The largest absolute Gasteiger partial charge is 0.464 e. The van der Waals surface area contributed by atoms with Crippen LogP contribution >= 0.6 is 0 Å². The van der Waals surface area contributed by atoms with Gasteiger partial charge in [0.15, 0.2) is 0 Å². The first kappa shape index (κ1) is 11.3. The summed E-state index contributed by atoms with van der Waals surface area (Å²) in [6.07, 6.45) is -5.89. The number of amides is 1. The molecule has 3 N–H and O–H groups in total. The van der Waals surface area contributed by atoms with Crippen LogP contribution in [0, 0.1) is 0 Å². The molecule has 0 aliphatic heterocycles. The van der Waals surface area contributed by atoms with Crippen LogP contribution in [0.1, 0.15) is 5.56 Å². The van der Waals surface area contributed by atoms with E-state index in [9.17, 15) is 18.0 Å². The summed E-state index contributed by atoms with van der Waals surface area (Å²) < 4.78 is 36.4. The molecule has 7 heteroatoms. The lowest BCUT2D eigenvalue weighted by Crippen LogP contribution is -2.35. The fourth-order valence-electron chi connectivity index (χ4n) is 0.921. The lowest BCUT2D eigenvalue weighted by atomic mass is 10.2. The van der Waals surface area contributed by atoms with E-state index >= 15 is 0 Å². The van der Waals surface area contributed by atoms with E-state index < -0.39 is 17.8 Å². The van der Waals surface area contributed by atoms with Crippen molar-refractivity contribution >= 4 is 11.8 Å². The minimum atomic E-state index is -4.44. The molecule has 0 heterocycles. The summed E-state index contributed by atoms with van der Waals surface area (Å²) in [4.78, 5) is 10.4. The van der Waals surface area contributed by atoms with Gasteiger partial charge >= 0.3 is 12.3 Å². The molecule has 0 saturated heterocycles. The van der Waals surface area contributed by atoms with E-state index in [0.29, 0.717) is 5.01 Å². The number of alkyl halides is 3. The Bertz CT molecular complexity index is 361. The van der Waals surface area contributed by atoms with Crippen LogP contribution in [0.5, 0.6) is 0 Å². The molecule has 1 aromatic carbocycles. The SMILES string of the molecule is NN(C(=O)O)c1ccc(C(F)(F)F)cc1. The maximum absolute atomic E-state index is 12.1. The summed E-state index contributed by atoms with van der Waals surface area (Å²) in [5.74, 6) is 5.05. The number of carboxylic acid groups (broad SMARTS) is 1. The molecule has 1 amide bonds. The van der Waals surface area contributed by atoms with Gasteiger partial charge in [0.1, 0.15) is 0 Å². The molecule has 0 saturated carbocycles. The van der Waals surface area contributed by atoms with Gasteiger partial charge in [-0.05, 0) is 24.3 Å². The highest BCUT2D eigenvalue weighted by molar-refractivity contribution is 5.84. The van der Waals surface area contributed by atoms with Gasteiger partial charge in [-0.1, -0.05) is 0 Å². The van der Waals surface area contributed by atoms with Crippen molar-refractivity contribution in [2.75, 3.05) is 5.01 Å². The van der Waals surface area contributed by atoms with Gasteiger partial charge in [0.2, 0.25) is 0 Å². The fraction of sp³-hybridized carbons (Fsp3) is 0.125. The third kappa shape index (κ3) is 2.59. The molecule has 4 nitrogen and oxygen atoms in total. The quantitative estimate of drug-likeness (QED) is 0.432. The number of carbonyl (C=O) groups is 1. The molecule has 1 aromatic rings. The van der Waals surface area contributed by atoms with Gasteiger partial charge in [0.05, 0.1) is 11.3 Å². The summed E-state index contributed by atoms with van der Waals surface area (Å²) in [6.45, 7) is 0. The Hall–Kier alpha value is -1.76. The van der Waals surface area contributed by atoms with Gasteiger partial charge in [-0.3, -0.25) is 0 Å². The highest BCUT2D eigenvalue weighted by Crippen LogP contribution is 2.30. The Morgan fingerprint density at radius 2 is 1.73 bits per heavy atom. The molecule has 0 spiro atoms. The smallest absolute Gasteiger partial charge is 0.426 e. The fourth-order valence-corrected chi connectivity index (χ4v) is 0.921. The molecule has 82 valence electrons. The summed E-state index contributed by atoms with van der Waals surface area (Å²) in [7, 11) is 0. The van der Waals surface area contributed by atoms with Crippen molar-refractivity contribution in [3.8, 4) is 0 Å². The monoisotopic (exact) mass is 220 g/mol. The normalized spacial score (nSPS) is 11.2. The van der Waals surface area contributed by atoms with Crippen molar-refractivity contribution in [3.05, 3.63) is 29.8 Å². The molecular formula is C8H7F3N2O2. The third-order valence-corrected chi connectivity index (χ3v) is 1.68. The Morgan fingerprint density at radius 3 is 2.07 bits per heavy atom. The first-order valence-electron chi connectivity index (χ1n) is 3.77. The minimum Gasteiger partial charge on any atom is -0.464 e. The van der Waals surface area contributed by atoms with E-state index in [-0.39, 0.29) is 5.69 Å². The zero-order valence-corrected chi connectivity index (χ0v) is 7.32. The summed E-state index contributed by atoms with van der Waals surface area (Å²) in [5, 5.41) is 8.78. The molecule has 0 aliphatic rings. The molecule has 0 aliphatic carbocycles. The molecule has 15 heavy (non-hydrogen) atoms. The second kappa shape index (κ2) is 3.77. The van der Waals surface area contributed by atoms with Crippen LogP contribution in [0.25, 0.3) is 0 Å². The van der Waals surface area contributed by atoms with Crippen molar-refractivity contribution in [1.82, 2.24) is 0 Å². The van der Waals surface area contributed by atoms with E-state index in [4.69, 9.17) is 10.9 Å². The van der Waals surface area contributed by atoms with Crippen molar-refractivity contribution in [2.24, 2.45) is 5.84 Å². The van der Waals surface area contributed by atoms with E-state index in [0.717, 1.165) is 24.3 Å². The van der Waals surface area contributed by atoms with Crippen LogP contribution in [0.2, 0.25) is 0 Å². The van der Waals surface area contributed by atoms with Crippen LogP contribution in [-0.2, 0) is 6.18 Å². The lowest BCUT2D eigenvalue weighted by molar-refractivity contribution is -0.137. The predicted molar refractivity (Wildman–Crippen MR) is 46.1 cm³/mol. The zero-order valence-electron chi connectivity index (χ0n) is 7.32. The van der Waals surface area contributed by atoms with Gasteiger partial charge in [-0.25, -0.2) is 15.6 Å². The maximum atomic E-state index is 12.1. The van der Waals surface area contributed by atoms with E-state index in [1.165, 1.54) is 0 Å². The van der Waals surface area contributed by atoms with E-state index in [2.05, 4.69) is 0 Å². The lowest BCUT2D eigenvalue weighted by Gasteiger charge is -2.13. The molecule has 0 aromatic heterocycles. The Morgan fingerprint density at radius 1 is 1.27 bits per heavy atom. The number of hydrogen-bond donors (Lipinski definition) is 2. The van der Waals surface area contributed by atoms with Crippen molar-refractivity contribution in [1.29, 1.82) is 0 Å². The number of nitrogens with zero attached hydrogens (tertiary/aromatic N) is 1. The number of hydrazine groups is 1. The average molecular weight is 220 g/mol. The molecule has 0 radical (unpaired) electrons. The third-order valence-electron chi connectivity index (χ3n) is 1.68. The average Bonchev–Trinajstić information content (AvgIpc) is 2.15. The highest BCUT2D eigenvalue weighted by Gasteiger charge is 2.30. The Balaban J connectivity index is 2.95. The second-order valence-corrected chi connectivity index (χ2v) is 2.70. The first-order chi connectivity index (χ1) is 6.82. The molecule has 0 bridgehead atoms. The molecule has 0 unspecified atom stereocenters. The van der Waals surface area contributed by atoms with Crippen molar-refractivity contribution in [2.45, 2.75) is 6.18 Å². The summed E-state index contributed by atoms with van der Waals surface area (Å²) in [5.41, 5.74) is -0.888. The second-order valence-electron chi connectivity index (χ2n) is 2.70. The molecular weight excluding hydrogens is 213 g/mol. The van der Waals surface area contributed by atoms with Crippen molar-refractivity contribution < 1.29 is 23.1 Å². The molecule has 0 fully saturated rings. The number of benzene rings is 1. The number of anilines is 1. The van der Waals surface area contributed by atoms with Crippen LogP contribution in [0.3, 0.4) is 0 Å². The summed E-state index contributed by atoms with van der Waals surface area (Å²) in [6, 6.07) is 3.49. The summed E-state index contributed by atoms with van der Waals surface area (Å²) >= 11 is 0. The number of rotatable bonds is 1. The first-order valence-corrected chi connectivity index (χ1v) is 3.77. The minimum absolute atomic E-state index is 0.0319. The predicted octanol–water partition coefficient (Wildman–Crippen LogP) is 2.06. The Labute approximate surface area is 82.7 Å². The number of hydrogen-bond acceptors (Lipinski definition) is 2. The van der Waals surface area contributed by atoms with Crippen LogP contribution in [-0.4, -0.2) is 11.2 Å². The number of halogens is 3. The van der Waals surface area contributed by atoms with Crippen LogP contribution in [0.15, 0.2) is 24.3 Å². The van der Waals surface area contributed by atoms with Crippen LogP contribution in [0.4, 0.5) is 23.7 Å². The standard InChI is InChI=1S/C8H7F3N2O2/c9-8(10,11)5-1-3-6(4-2-5)13(12)7(14)15/h1-4H,12H2,(H,14,15). The van der Waals surface area contributed by atoms with E-state index in [1.54, 1.807) is 0 Å². The van der Waals surface area contributed by atoms with Gasteiger partial charge in [0, 0.05) is 0 Å². The van der Waals surface area contributed by atoms with Gasteiger partial charge in [0.25, 0.3) is 0 Å². The van der Waals surface area contributed by atoms with E-state index in [1.807, 2.05) is 0 Å². The highest BCUT2D eigenvalue weighted by atomic mass is 19.4. The van der Waals surface area contributed by atoms with Gasteiger partial charge < -0.3 is 5.11 Å². The zero-order chi connectivity index (χ0) is 11.6.